The second-order valence-electron chi connectivity index (χ2n) is 4.72. The SMILES string of the molecule is COc1ccc(F)cc1C=C1SC(=S)N(CCCC(=O)O)C1=O. The highest BCUT2D eigenvalue weighted by molar-refractivity contribution is 8.26. The maximum atomic E-state index is 13.4. The van der Waals surface area contributed by atoms with E-state index in [-0.39, 0.29) is 18.9 Å². The number of carboxylic acid groups (broad SMARTS) is 1. The summed E-state index contributed by atoms with van der Waals surface area (Å²) < 4.78 is 18.9. The van der Waals surface area contributed by atoms with Gasteiger partial charge in [0.15, 0.2) is 0 Å². The van der Waals surface area contributed by atoms with Gasteiger partial charge in [-0.05, 0) is 30.7 Å². The molecule has 1 fully saturated rings. The first kappa shape index (κ1) is 17.4. The van der Waals surface area contributed by atoms with Crippen LogP contribution in [0, 0.1) is 5.82 Å². The predicted octanol–water partition coefficient (Wildman–Crippen LogP) is 2.90. The molecule has 1 N–H and O–H groups in total. The molecule has 8 heteroatoms. The van der Waals surface area contributed by atoms with E-state index in [1.54, 1.807) is 0 Å². The van der Waals surface area contributed by atoms with Gasteiger partial charge in [0.05, 0.1) is 12.0 Å². The highest BCUT2D eigenvalue weighted by atomic mass is 32.2. The zero-order valence-corrected chi connectivity index (χ0v) is 13.9. The topological polar surface area (TPSA) is 66.8 Å². The second-order valence-corrected chi connectivity index (χ2v) is 6.39. The summed E-state index contributed by atoms with van der Waals surface area (Å²) in [6, 6.07) is 4.03. The van der Waals surface area contributed by atoms with Gasteiger partial charge in [-0.25, -0.2) is 4.39 Å². The van der Waals surface area contributed by atoms with Gasteiger partial charge in [0.1, 0.15) is 15.9 Å². The maximum absolute atomic E-state index is 13.4. The molecule has 0 radical (unpaired) electrons. The summed E-state index contributed by atoms with van der Waals surface area (Å²) in [4.78, 5) is 24.6. The van der Waals surface area contributed by atoms with E-state index in [9.17, 15) is 14.0 Å². The Labute approximate surface area is 142 Å². The van der Waals surface area contributed by atoms with E-state index in [0.717, 1.165) is 11.8 Å². The number of thioether (sulfide) groups is 1. The Balaban J connectivity index is 2.18. The van der Waals surface area contributed by atoms with Crippen LogP contribution in [0.15, 0.2) is 23.1 Å². The van der Waals surface area contributed by atoms with Crippen LogP contribution in [0.4, 0.5) is 4.39 Å². The molecular formula is C15H14FNO4S2. The minimum absolute atomic E-state index is 0.0339. The molecule has 1 aromatic rings. The smallest absolute Gasteiger partial charge is 0.303 e. The van der Waals surface area contributed by atoms with Crippen LogP contribution in [-0.2, 0) is 9.59 Å². The van der Waals surface area contributed by atoms with E-state index in [2.05, 4.69) is 0 Å². The lowest BCUT2D eigenvalue weighted by Crippen LogP contribution is -2.29. The van der Waals surface area contributed by atoms with Gasteiger partial charge in [0.25, 0.3) is 5.91 Å². The second kappa shape index (κ2) is 7.56. The third-order valence-electron chi connectivity index (χ3n) is 3.12. The van der Waals surface area contributed by atoms with Crippen molar-refractivity contribution in [2.75, 3.05) is 13.7 Å². The monoisotopic (exact) mass is 355 g/mol. The number of halogens is 1. The average Bonchev–Trinajstić information content (AvgIpc) is 2.74. The van der Waals surface area contributed by atoms with Crippen LogP contribution >= 0.6 is 24.0 Å². The van der Waals surface area contributed by atoms with Gasteiger partial charge < -0.3 is 9.84 Å². The first-order chi connectivity index (χ1) is 10.9. The maximum Gasteiger partial charge on any atom is 0.303 e. The molecule has 1 aliphatic heterocycles. The Kier molecular flexibility index (Phi) is 5.73. The molecule has 1 aliphatic rings. The highest BCUT2D eigenvalue weighted by Crippen LogP contribution is 2.34. The molecular weight excluding hydrogens is 341 g/mol. The summed E-state index contributed by atoms with van der Waals surface area (Å²) in [6.45, 7) is 0.245. The molecule has 1 amide bonds. The number of carbonyl (C=O) groups excluding carboxylic acids is 1. The van der Waals surface area contributed by atoms with Gasteiger partial charge in [0, 0.05) is 18.5 Å². The number of thiocarbonyl (C=S) groups is 1. The molecule has 0 bridgehead atoms. The van der Waals surface area contributed by atoms with E-state index < -0.39 is 11.8 Å². The van der Waals surface area contributed by atoms with Gasteiger partial charge >= 0.3 is 5.97 Å². The number of carbonyl (C=O) groups is 2. The highest BCUT2D eigenvalue weighted by Gasteiger charge is 2.31. The van der Waals surface area contributed by atoms with Crippen molar-refractivity contribution in [3.63, 3.8) is 0 Å². The number of hydrogen-bond acceptors (Lipinski definition) is 5. The molecule has 2 rings (SSSR count). The normalized spacial score (nSPS) is 16.3. The molecule has 1 aromatic carbocycles. The molecule has 0 saturated carbocycles. The molecule has 5 nitrogen and oxygen atoms in total. The van der Waals surface area contributed by atoms with Crippen LogP contribution in [0.5, 0.6) is 5.75 Å². The van der Waals surface area contributed by atoms with Crippen molar-refractivity contribution in [1.82, 2.24) is 4.90 Å². The van der Waals surface area contributed by atoms with E-state index >= 15 is 0 Å². The first-order valence-corrected chi connectivity index (χ1v) is 7.95. The zero-order chi connectivity index (χ0) is 17.0. The van der Waals surface area contributed by atoms with Crippen LogP contribution in [0.3, 0.4) is 0 Å². The Bertz CT molecular complexity index is 690. The number of benzene rings is 1. The first-order valence-electron chi connectivity index (χ1n) is 6.73. The van der Waals surface area contributed by atoms with Crippen LogP contribution in [0.25, 0.3) is 6.08 Å². The van der Waals surface area contributed by atoms with Crippen molar-refractivity contribution in [1.29, 1.82) is 0 Å². The Morgan fingerprint density at radius 1 is 1.52 bits per heavy atom. The number of hydrogen-bond donors (Lipinski definition) is 1. The molecule has 122 valence electrons. The van der Waals surface area contributed by atoms with Crippen LogP contribution in [0.2, 0.25) is 0 Å². The quantitative estimate of drug-likeness (QED) is 0.625. The molecule has 1 heterocycles. The third-order valence-corrected chi connectivity index (χ3v) is 4.50. The molecule has 0 atom stereocenters. The lowest BCUT2D eigenvalue weighted by molar-refractivity contribution is -0.137. The number of rotatable bonds is 6. The number of aliphatic carboxylic acids is 1. The summed E-state index contributed by atoms with van der Waals surface area (Å²) in [7, 11) is 1.46. The predicted molar refractivity (Wildman–Crippen MR) is 89.7 cm³/mol. The minimum atomic E-state index is -0.921. The van der Waals surface area contributed by atoms with Gasteiger partial charge in [0.2, 0.25) is 0 Å². The summed E-state index contributed by atoms with van der Waals surface area (Å²) in [5.74, 6) is -1.22. The van der Waals surface area contributed by atoms with Crippen LogP contribution in [0.1, 0.15) is 18.4 Å². The lowest BCUT2D eigenvalue weighted by Gasteiger charge is -2.13. The fourth-order valence-corrected chi connectivity index (χ4v) is 3.34. The molecule has 0 aromatic heterocycles. The van der Waals surface area contributed by atoms with E-state index in [1.807, 2.05) is 0 Å². The fraction of sp³-hybridized carbons (Fsp3) is 0.267. The molecule has 0 spiro atoms. The van der Waals surface area contributed by atoms with E-state index in [1.165, 1.54) is 36.3 Å². The number of nitrogens with zero attached hydrogens (tertiary/aromatic N) is 1. The Hall–Kier alpha value is -1.93. The largest absolute Gasteiger partial charge is 0.496 e. The van der Waals surface area contributed by atoms with Crippen molar-refractivity contribution in [2.24, 2.45) is 0 Å². The minimum Gasteiger partial charge on any atom is -0.496 e. The van der Waals surface area contributed by atoms with Crippen molar-refractivity contribution < 1.29 is 23.8 Å². The molecule has 0 aliphatic carbocycles. The summed E-state index contributed by atoms with van der Waals surface area (Å²) in [5.41, 5.74) is 0.443. The number of ether oxygens (including phenoxy) is 1. The molecule has 23 heavy (non-hydrogen) atoms. The Morgan fingerprint density at radius 2 is 2.26 bits per heavy atom. The lowest BCUT2D eigenvalue weighted by atomic mass is 10.1. The third kappa shape index (κ3) is 4.29. The number of carboxylic acids is 1. The molecule has 0 unspecified atom stereocenters. The van der Waals surface area contributed by atoms with E-state index in [0.29, 0.717) is 27.0 Å². The van der Waals surface area contributed by atoms with Gasteiger partial charge in [-0.2, -0.15) is 0 Å². The average molecular weight is 355 g/mol. The van der Waals surface area contributed by atoms with Crippen LogP contribution in [-0.4, -0.2) is 39.9 Å². The van der Waals surface area contributed by atoms with Crippen molar-refractivity contribution >= 4 is 46.3 Å². The number of amides is 1. The summed E-state index contributed by atoms with van der Waals surface area (Å²) in [6.07, 6.45) is 1.81. The standard InChI is InChI=1S/C15H14FNO4S2/c1-21-11-5-4-10(16)7-9(11)8-12-14(20)17(15(22)23-12)6-2-3-13(18)19/h4-5,7-8H,2-3,6H2,1H3,(H,18,19). The van der Waals surface area contributed by atoms with Gasteiger partial charge in [-0.1, -0.05) is 24.0 Å². The molecule has 1 saturated heterocycles. The zero-order valence-electron chi connectivity index (χ0n) is 12.2. The van der Waals surface area contributed by atoms with Crippen molar-refractivity contribution in [2.45, 2.75) is 12.8 Å². The van der Waals surface area contributed by atoms with Gasteiger partial charge in [-0.15, -0.1) is 0 Å². The van der Waals surface area contributed by atoms with Gasteiger partial charge in [-0.3, -0.25) is 14.5 Å². The van der Waals surface area contributed by atoms with Crippen molar-refractivity contribution in [3.05, 3.63) is 34.5 Å². The van der Waals surface area contributed by atoms with Crippen LogP contribution < -0.4 is 4.74 Å². The fourth-order valence-electron chi connectivity index (χ4n) is 2.04. The van der Waals surface area contributed by atoms with Crippen molar-refractivity contribution in [3.8, 4) is 5.75 Å². The number of methoxy groups -OCH3 is 1. The Morgan fingerprint density at radius 3 is 2.91 bits per heavy atom. The summed E-state index contributed by atoms with van der Waals surface area (Å²) >= 11 is 6.26. The van der Waals surface area contributed by atoms with E-state index in [4.69, 9.17) is 22.1 Å². The summed E-state index contributed by atoms with van der Waals surface area (Å²) in [5, 5.41) is 8.65.